The minimum absolute atomic E-state index is 0.121. The number of fused-ring (bicyclic) bond motifs is 2. The lowest BCUT2D eigenvalue weighted by Crippen LogP contribution is -2.50. The maximum atomic E-state index is 13.2. The van der Waals surface area contributed by atoms with Crippen molar-refractivity contribution in [3.05, 3.63) is 83.5 Å². The molecule has 0 aliphatic carbocycles. The first-order valence-corrected chi connectivity index (χ1v) is 12.1. The molecule has 5 rings (SSSR count). The van der Waals surface area contributed by atoms with E-state index in [1.165, 1.54) is 4.31 Å². The van der Waals surface area contributed by atoms with E-state index in [9.17, 15) is 13.2 Å². The molecular formula is C24H20ClN3O3S. The molecule has 6 nitrogen and oxygen atoms in total. The van der Waals surface area contributed by atoms with E-state index in [1.54, 1.807) is 41.3 Å². The molecule has 2 heterocycles. The highest BCUT2D eigenvalue weighted by Crippen LogP contribution is 2.24. The molecule has 0 spiro atoms. The van der Waals surface area contributed by atoms with Crippen molar-refractivity contribution in [3.8, 4) is 0 Å². The predicted molar refractivity (Wildman–Crippen MR) is 125 cm³/mol. The van der Waals surface area contributed by atoms with Crippen LogP contribution in [0.5, 0.6) is 0 Å². The second-order valence-corrected chi connectivity index (χ2v) is 10.1. The van der Waals surface area contributed by atoms with Crippen molar-refractivity contribution in [2.75, 3.05) is 26.2 Å². The summed E-state index contributed by atoms with van der Waals surface area (Å²) in [6, 6.07) is 21.6. The second-order valence-electron chi connectivity index (χ2n) is 7.75. The van der Waals surface area contributed by atoms with Gasteiger partial charge >= 0.3 is 0 Å². The number of amides is 1. The van der Waals surface area contributed by atoms with Crippen LogP contribution in [0.1, 0.15) is 10.4 Å². The number of piperazine rings is 1. The molecule has 1 fully saturated rings. The van der Waals surface area contributed by atoms with Crippen LogP contribution in [0.4, 0.5) is 0 Å². The summed E-state index contributed by atoms with van der Waals surface area (Å²) in [5.74, 6) is -0.121. The molecule has 162 valence electrons. The Morgan fingerprint density at radius 2 is 1.53 bits per heavy atom. The SMILES string of the molecule is O=C(c1ccc2nc(Cl)ccc2c1)N1CCN(S(=O)(=O)c2ccc3ccccc3c2)CC1. The first-order chi connectivity index (χ1) is 15.4. The summed E-state index contributed by atoms with van der Waals surface area (Å²) in [6.07, 6.45) is 0. The number of carbonyl (C=O) groups is 1. The van der Waals surface area contributed by atoms with Crippen molar-refractivity contribution in [2.24, 2.45) is 0 Å². The quantitative estimate of drug-likeness (QED) is 0.425. The van der Waals surface area contributed by atoms with Crippen molar-refractivity contribution in [1.82, 2.24) is 14.2 Å². The zero-order valence-corrected chi connectivity index (χ0v) is 18.7. The Morgan fingerprint density at radius 1 is 0.812 bits per heavy atom. The van der Waals surface area contributed by atoms with Gasteiger partial charge < -0.3 is 4.90 Å². The number of rotatable bonds is 3. The fraction of sp³-hybridized carbons (Fsp3) is 0.167. The average molecular weight is 466 g/mol. The lowest BCUT2D eigenvalue weighted by atomic mass is 10.1. The molecule has 4 aromatic rings. The van der Waals surface area contributed by atoms with Gasteiger partial charge in [0, 0.05) is 37.1 Å². The summed E-state index contributed by atoms with van der Waals surface area (Å²) in [5, 5.41) is 3.11. The van der Waals surface area contributed by atoms with Crippen LogP contribution in [-0.4, -0.2) is 54.7 Å². The molecule has 1 aromatic heterocycles. The number of pyridine rings is 1. The molecule has 32 heavy (non-hydrogen) atoms. The Labute approximate surface area is 191 Å². The van der Waals surface area contributed by atoms with E-state index in [2.05, 4.69) is 4.98 Å². The van der Waals surface area contributed by atoms with Crippen molar-refractivity contribution < 1.29 is 13.2 Å². The Kier molecular flexibility index (Phi) is 5.33. The van der Waals surface area contributed by atoms with Gasteiger partial charge in [-0.3, -0.25) is 4.79 Å². The number of carbonyl (C=O) groups excluding carboxylic acids is 1. The average Bonchev–Trinajstić information content (AvgIpc) is 2.83. The largest absolute Gasteiger partial charge is 0.336 e. The predicted octanol–water partition coefficient (Wildman–Crippen LogP) is 4.19. The van der Waals surface area contributed by atoms with E-state index >= 15 is 0 Å². The standard InChI is InChI=1S/C24H20ClN3O3S/c25-23-10-7-19-15-20(6-9-22(19)26-23)24(29)27-11-13-28(14-12-27)32(30,31)21-8-5-17-3-1-2-4-18(17)16-21/h1-10,15-16H,11-14H2. The van der Waals surface area contributed by atoms with E-state index in [4.69, 9.17) is 11.6 Å². The van der Waals surface area contributed by atoms with Crippen molar-refractivity contribution in [2.45, 2.75) is 4.90 Å². The fourth-order valence-electron chi connectivity index (χ4n) is 4.02. The van der Waals surface area contributed by atoms with E-state index in [0.717, 1.165) is 21.7 Å². The summed E-state index contributed by atoms with van der Waals surface area (Å²) in [6.45, 7) is 1.18. The second kappa shape index (κ2) is 8.16. The van der Waals surface area contributed by atoms with Crippen LogP contribution in [0.2, 0.25) is 5.15 Å². The van der Waals surface area contributed by atoms with Crippen molar-refractivity contribution >= 4 is 49.2 Å². The van der Waals surface area contributed by atoms with Gasteiger partial charge in [0.15, 0.2) is 0 Å². The minimum atomic E-state index is -3.63. The molecule has 0 bridgehead atoms. The van der Waals surface area contributed by atoms with Crippen LogP contribution >= 0.6 is 11.6 Å². The van der Waals surface area contributed by atoms with Gasteiger partial charge in [-0.1, -0.05) is 41.9 Å². The number of hydrogen-bond acceptors (Lipinski definition) is 4. The Hall–Kier alpha value is -3.00. The van der Waals surface area contributed by atoms with Crippen LogP contribution in [-0.2, 0) is 10.0 Å². The molecule has 0 atom stereocenters. The van der Waals surface area contributed by atoms with Crippen molar-refractivity contribution in [1.29, 1.82) is 0 Å². The first kappa shape index (κ1) is 20.9. The molecule has 0 N–H and O–H groups in total. The maximum Gasteiger partial charge on any atom is 0.253 e. The third kappa shape index (κ3) is 3.83. The van der Waals surface area contributed by atoms with Gasteiger partial charge in [0.1, 0.15) is 5.15 Å². The molecule has 8 heteroatoms. The Bertz CT molecular complexity index is 1450. The van der Waals surface area contributed by atoms with Gasteiger partial charge in [-0.2, -0.15) is 4.31 Å². The fourth-order valence-corrected chi connectivity index (χ4v) is 5.64. The molecule has 1 saturated heterocycles. The maximum absolute atomic E-state index is 13.2. The molecule has 0 radical (unpaired) electrons. The molecular weight excluding hydrogens is 446 g/mol. The highest BCUT2D eigenvalue weighted by molar-refractivity contribution is 7.89. The summed E-state index contributed by atoms with van der Waals surface area (Å²) < 4.78 is 27.8. The molecule has 0 saturated carbocycles. The molecule has 3 aromatic carbocycles. The van der Waals surface area contributed by atoms with E-state index in [-0.39, 0.29) is 23.9 Å². The highest BCUT2D eigenvalue weighted by atomic mass is 35.5. The monoisotopic (exact) mass is 465 g/mol. The molecule has 1 aliphatic heterocycles. The van der Waals surface area contributed by atoms with Crippen LogP contribution in [0.3, 0.4) is 0 Å². The van der Waals surface area contributed by atoms with Gasteiger partial charge in [-0.15, -0.1) is 0 Å². The number of hydrogen-bond donors (Lipinski definition) is 0. The molecule has 0 unspecified atom stereocenters. The van der Waals surface area contributed by atoms with E-state index < -0.39 is 10.0 Å². The van der Waals surface area contributed by atoms with Gasteiger partial charge in [0.25, 0.3) is 5.91 Å². The number of halogens is 1. The number of aromatic nitrogens is 1. The summed E-state index contributed by atoms with van der Waals surface area (Å²) >= 11 is 5.93. The van der Waals surface area contributed by atoms with Gasteiger partial charge in [0.2, 0.25) is 10.0 Å². The summed E-state index contributed by atoms with van der Waals surface area (Å²) in [5.41, 5.74) is 1.27. The van der Waals surface area contributed by atoms with Crippen LogP contribution in [0, 0.1) is 0 Å². The summed E-state index contributed by atoms with van der Waals surface area (Å²) in [4.78, 5) is 19.2. The molecule has 1 aliphatic rings. The third-order valence-corrected chi connectivity index (χ3v) is 7.89. The van der Waals surface area contributed by atoms with Gasteiger partial charge in [-0.05, 0) is 53.2 Å². The smallest absolute Gasteiger partial charge is 0.253 e. The lowest BCUT2D eigenvalue weighted by Gasteiger charge is -2.34. The number of benzene rings is 3. The Morgan fingerprint density at radius 3 is 2.31 bits per heavy atom. The topological polar surface area (TPSA) is 70.6 Å². The molecule has 1 amide bonds. The highest BCUT2D eigenvalue weighted by Gasteiger charge is 2.30. The minimum Gasteiger partial charge on any atom is -0.336 e. The van der Waals surface area contributed by atoms with E-state index in [0.29, 0.717) is 23.8 Å². The first-order valence-electron chi connectivity index (χ1n) is 10.3. The van der Waals surface area contributed by atoms with Crippen LogP contribution in [0.25, 0.3) is 21.7 Å². The zero-order chi connectivity index (χ0) is 22.3. The Balaban J connectivity index is 1.31. The van der Waals surface area contributed by atoms with Gasteiger partial charge in [-0.25, -0.2) is 13.4 Å². The summed E-state index contributed by atoms with van der Waals surface area (Å²) in [7, 11) is -3.63. The van der Waals surface area contributed by atoms with Crippen LogP contribution < -0.4 is 0 Å². The lowest BCUT2D eigenvalue weighted by molar-refractivity contribution is 0.0698. The van der Waals surface area contributed by atoms with Crippen LogP contribution in [0.15, 0.2) is 77.7 Å². The van der Waals surface area contributed by atoms with Crippen molar-refractivity contribution in [3.63, 3.8) is 0 Å². The van der Waals surface area contributed by atoms with E-state index in [1.807, 2.05) is 36.4 Å². The number of nitrogens with zero attached hydrogens (tertiary/aromatic N) is 3. The third-order valence-electron chi connectivity index (χ3n) is 5.79. The zero-order valence-electron chi connectivity index (χ0n) is 17.1. The normalized spacial score (nSPS) is 15.3. The van der Waals surface area contributed by atoms with Gasteiger partial charge in [0.05, 0.1) is 10.4 Å². The number of sulfonamides is 1.